The third-order valence-electron chi connectivity index (χ3n) is 5.61. The van der Waals surface area contributed by atoms with Crippen LogP contribution in [0.25, 0.3) is 11.3 Å². The first kappa shape index (κ1) is 19.4. The molecule has 29 heavy (non-hydrogen) atoms. The number of aromatic nitrogens is 4. The third-order valence-corrected chi connectivity index (χ3v) is 9.23. The van der Waals surface area contributed by atoms with Gasteiger partial charge < -0.3 is 0 Å². The number of rotatable bonds is 4. The zero-order valence-corrected chi connectivity index (χ0v) is 20.1. The van der Waals surface area contributed by atoms with Crippen LogP contribution in [-0.2, 0) is 6.42 Å². The van der Waals surface area contributed by atoms with Crippen molar-refractivity contribution in [3.05, 3.63) is 79.2 Å². The van der Waals surface area contributed by atoms with E-state index in [1.54, 1.807) is 0 Å². The maximum absolute atomic E-state index is 6.20. The molecule has 0 bridgehead atoms. The zero-order chi connectivity index (χ0) is 19.8. The first-order valence-electron chi connectivity index (χ1n) is 9.66. The summed E-state index contributed by atoms with van der Waals surface area (Å²) in [7, 11) is 0. The van der Waals surface area contributed by atoms with Gasteiger partial charge in [0.15, 0.2) is 0 Å². The molecule has 1 aliphatic carbocycles. The monoisotopic (exact) mass is 534 g/mol. The van der Waals surface area contributed by atoms with Crippen molar-refractivity contribution in [3.63, 3.8) is 0 Å². The van der Waals surface area contributed by atoms with Crippen LogP contribution in [0.15, 0.2) is 48.5 Å². The molecule has 2 aromatic carbocycles. The molecule has 0 saturated carbocycles. The molecule has 4 aromatic rings. The molecule has 0 unspecified atom stereocenters. The molecule has 0 N–H and O–H groups in total. The van der Waals surface area contributed by atoms with Crippen molar-refractivity contribution in [3.8, 4) is 11.3 Å². The van der Waals surface area contributed by atoms with E-state index < -0.39 is 0 Å². The molecule has 2 atom stereocenters. The zero-order valence-electron chi connectivity index (χ0n) is 15.9. The van der Waals surface area contributed by atoms with Crippen LogP contribution in [-0.4, -0.2) is 47.9 Å². The van der Waals surface area contributed by atoms with Crippen LogP contribution < -0.4 is 0 Å². The van der Waals surface area contributed by atoms with Gasteiger partial charge in [0, 0.05) is 0 Å². The van der Waals surface area contributed by atoms with E-state index in [0.29, 0.717) is 5.92 Å². The fourth-order valence-corrected chi connectivity index (χ4v) is 7.69. The minimum atomic E-state index is -0.0103. The Morgan fingerprint density at radius 1 is 0.966 bits per heavy atom. The number of hydrogen-bond donors (Lipinski definition) is 0. The molecule has 7 heteroatoms. The Kier molecular flexibility index (Phi) is 5.55. The Labute approximate surface area is 187 Å². The number of nitrogens with zero attached hydrogens (tertiary/aromatic N) is 4. The standard InChI is InChI=1S/C22H19ClN4Se2/c1-13-5-7-15(8-6-13)20-22(29-27-24-20)19(14-9-11-16(23)12-10-14)17-3-2-4-18-21(17)25-26-28-18/h5-12,17,19H,2-4H2,1H3/t17-,19-/m0/s1. The van der Waals surface area contributed by atoms with Crippen molar-refractivity contribution in [1.82, 2.24) is 18.4 Å². The molecule has 2 heterocycles. The predicted octanol–water partition coefficient (Wildman–Crippen LogP) is 4.26. The molecule has 0 saturated heterocycles. The fourth-order valence-electron chi connectivity index (χ4n) is 4.16. The SMILES string of the molecule is Cc1ccc(-c2nn[se]c2[C@@H](c2ccc(Cl)cc2)[C@@H]2CCCc3[se]nnc32)cc1. The summed E-state index contributed by atoms with van der Waals surface area (Å²) >= 11 is 6.38. The molecule has 146 valence electrons. The van der Waals surface area contributed by atoms with Crippen LogP contribution in [0.3, 0.4) is 0 Å². The average Bonchev–Trinajstić information content (AvgIpc) is 3.40. The summed E-state index contributed by atoms with van der Waals surface area (Å²) in [5.74, 6) is 0.561. The fraction of sp³-hybridized carbons (Fsp3) is 0.273. The minimum absolute atomic E-state index is 0.0103. The summed E-state index contributed by atoms with van der Waals surface area (Å²) in [5.41, 5.74) is 5.94. The summed E-state index contributed by atoms with van der Waals surface area (Å²) in [5, 5.41) is 9.98. The molecule has 5 rings (SSSR count). The van der Waals surface area contributed by atoms with Crippen LogP contribution in [0.5, 0.6) is 0 Å². The van der Waals surface area contributed by atoms with Gasteiger partial charge in [0.25, 0.3) is 0 Å². The van der Waals surface area contributed by atoms with Crippen molar-refractivity contribution in [2.75, 3.05) is 0 Å². The number of fused-ring (bicyclic) bond motifs is 1. The number of benzene rings is 2. The van der Waals surface area contributed by atoms with Crippen molar-refractivity contribution < 1.29 is 0 Å². The van der Waals surface area contributed by atoms with Crippen LogP contribution in [0.2, 0.25) is 5.02 Å². The van der Waals surface area contributed by atoms with Crippen molar-refractivity contribution >= 4 is 41.1 Å². The van der Waals surface area contributed by atoms with Gasteiger partial charge in [0.05, 0.1) is 0 Å². The Morgan fingerprint density at radius 3 is 2.52 bits per heavy atom. The molecule has 0 fully saturated rings. The van der Waals surface area contributed by atoms with Gasteiger partial charge in [-0.3, -0.25) is 0 Å². The van der Waals surface area contributed by atoms with Gasteiger partial charge in [0.1, 0.15) is 0 Å². The van der Waals surface area contributed by atoms with Gasteiger partial charge in [-0.25, -0.2) is 0 Å². The summed E-state index contributed by atoms with van der Waals surface area (Å²) in [6.07, 6.45) is 3.48. The first-order chi connectivity index (χ1) is 14.2. The van der Waals surface area contributed by atoms with E-state index in [2.05, 4.69) is 61.7 Å². The normalized spacial score (nSPS) is 17.1. The number of aryl methyl sites for hydroxylation is 2. The molecule has 1 aliphatic rings. The Morgan fingerprint density at radius 2 is 1.72 bits per heavy atom. The molecule has 0 spiro atoms. The molecular formula is C22H19ClN4Se2. The number of hydrogen-bond acceptors (Lipinski definition) is 4. The average molecular weight is 533 g/mol. The van der Waals surface area contributed by atoms with E-state index in [-0.39, 0.29) is 35.4 Å². The molecule has 0 radical (unpaired) electrons. The van der Waals surface area contributed by atoms with E-state index in [9.17, 15) is 0 Å². The van der Waals surface area contributed by atoms with Gasteiger partial charge in [-0.05, 0) is 0 Å². The van der Waals surface area contributed by atoms with Crippen molar-refractivity contribution in [1.29, 1.82) is 0 Å². The van der Waals surface area contributed by atoms with Gasteiger partial charge in [0.2, 0.25) is 0 Å². The van der Waals surface area contributed by atoms with Crippen LogP contribution in [0.1, 0.15) is 50.4 Å². The van der Waals surface area contributed by atoms with Crippen LogP contribution >= 0.6 is 11.6 Å². The molecule has 4 nitrogen and oxygen atoms in total. The molecular weight excluding hydrogens is 514 g/mol. The number of halogens is 1. The summed E-state index contributed by atoms with van der Waals surface area (Å²) < 4.78 is 11.7. The van der Waals surface area contributed by atoms with Gasteiger partial charge in [-0.1, -0.05) is 0 Å². The first-order valence-corrected chi connectivity index (χ1v) is 13.3. The quantitative estimate of drug-likeness (QED) is 0.369. The van der Waals surface area contributed by atoms with E-state index in [1.165, 1.54) is 32.1 Å². The Bertz CT molecular complexity index is 1120. The third kappa shape index (κ3) is 3.81. The second kappa shape index (κ2) is 8.29. The predicted molar refractivity (Wildman–Crippen MR) is 117 cm³/mol. The van der Waals surface area contributed by atoms with Gasteiger partial charge >= 0.3 is 188 Å². The van der Waals surface area contributed by atoms with Crippen LogP contribution in [0.4, 0.5) is 0 Å². The van der Waals surface area contributed by atoms with Gasteiger partial charge in [-0.15, -0.1) is 0 Å². The van der Waals surface area contributed by atoms with E-state index in [1.807, 2.05) is 12.1 Å². The topological polar surface area (TPSA) is 51.6 Å². The maximum atomic E-state index is 6.20. The van der Waals surface area contributed by atoms with E-state index >= 15 is 0 Å². The summed E-state index contributed by atoms with van der Waals surface area (Å²) in [6.45, 7) is 2.11. The molecule has 0 amide bonds. The van der Waals surface area contributed by atoms with Crippen LogP contribution in [0, 0.1) is 6.92 Å². The second-order valence-corrected chi connectivity index (χ2v) is 11.3. The molecule has 2 aromatic heterocycles. The summed E-state index contributed by atoms with van der Waals surface area (Å²) in [6, 6.07) is 16.9. The van der Waals surface area contributed by atoms with Crippen molar-refractivity contribution in [2.45, 2.75) is 38.0 Å². The van der Waals surface area contributed by atoms with E-state index in [0.717, 1.165) is 29.1 Å². The Hall–Kier alpha value is -1.55. The van der Waals surface area contributed by atoms with E-state index in [4.69, 9.17) is 11.6 Å². The Balaban J connectivity index is 1.66. The second-order valence-electron chi connectivity index (χ2n) is 7.46. The summed E-state index contributed by atoms with van der Waals surface area (Å²) in [4.78, 5) is 0. The van der Waals surface area contributed by atoms with Crippen molar-refractivity contribution in [2.24, 2.45) is 0 Å². The van der Waals surface area contributed by atoms with Gasteiger partial charge in [-0.2, -0.15) is 0 Å². The molecule has 0 aliphatic heterocycles.